The van der Waals surface area contributed by atoms with Gasteiger partial charge in [0.05, 0.1) is 28.9 Å². The number of carbonyl (C=O) groups is 1. The molecule has 6 nitrogen and oxygen atoms in total. The van der Waals surface area contributed by atoms with Crippen molar-refractivity contribution < 1.29 is 9.53 Å². The van der Waals surface area contributed by atoms with E-state index in [1.807, 2.05) is 6.07 Å². The van der Waals surface area contributed by atoms with Gasteiger partial charge in [-0.25, -0.2) is 0 Å². The molecule has 7 heteroatoms. The van der Waals surface area contributed by atoms with Crippen LogP contribution in [0.15, 0.2) is 16.6 Å². The molecule has 3 heterocycles. The number of amides is 1. The number of fused-ring (bicyclic) bond motifs is 2. The predicted molar refractivity (Wildman–Crippen MR) is 106 cm³/mol. The third-order valence-corrected chi connectivity index (χ3v) is 6.92. The number of benzene rings is 1. The maximum absolute atomic E-state index is 11.8. The van der Waals surface area contributed by atoms with Gasteiger partial charge in [-0.3, -0.25) is 9.69 Å². The molecule has 0 aliphatic carbocycles. The molecule has 1 spiro atoms. The quantitative estimate of drug-likeness (QED) is 0.765. The minimum absolute atomic E-state index is 0.185. The average Bonchev–Trinajstić information content (AvgIpc) is 2.95. The lowest BCUT2D eigenvalue weighted by atomic mass is 9.74. The number of halogens is 1. The molecule has 3 aliphatic heterocycles. The van der Waals surface area contributed by atoms with Crippen LogP contribution in [0.5, 0.6) is 0 Å². The Labute approximate surface area is 163 Å². The first kappa shape index (κ1) is 18.2. The van der Waals surface area contributed by atoms with E-state index in [0.717, 1.165) is 76.3 Å². The molecular formula is C19H27BrN4O2. The van der Waals surface area contributed by atoms with Gasteiger partial charge in [0.1, 0.15) is 0 Å². The second-order valence-electron chi connectivity index (χ2n) is 7.59. The van der Waals surface area contributed by atoms with Crippen LogP contribution in [-0.4, -0.2) is 69.8 Å². The number of nitrogens with one attached hydrogen (secondary N) is 1. The van der Waals surface area contributed by atoms with Crippen molar-refractivity contribution in [3.05, 3.63) is 27.7 Å². The first-order valence-electron chi connectivity index (χ1n) is 9.49. The molecule has 0 aromatic heterocycles. The zero-order valence-electron chi connectivity index (χ0n) is 15.1. The van der Waals surface area contributed by atoms with Crippen molar-refractivity contribution >= 4 is 27.5 Å². The Morgan fingerprint density at radius 1 is 1.23 bits per heavy atom. The molecule has 4 rings (SSSR count). The topological polar surface area (TPSA) is 70.8 Å². The first-order valence-corrected chi connectivity index (χ1v) is 10.3. The Morgan fingerprint density at radius 3 is 2.65 bits per heavy atom. The van der Waals surface area contributed by atoms with Crippen molar-refractivity contribution in [2.45, 2.75) is 18.3 Å². The van der Waals surface area contributed by atoms with Crippen LogP contribution < -0.4 is 16.0 Å². The van der Waals surface area contributed by atoms with Gasteiger partial charge >= 0.3 is 0 Å². The number of nitrogens with zero attached hydrogens (tertiary/aromatic N) is 2. The first-order chi connectivity index (χ1) is 12.6. The summed E-state index contributed by atoms with van der Waals surface area (Å²) in [7, 11) is 0. The van der Waals surface area contributed by atoms with E-state index < -0.39 is 0 Å². The third-order valence-electron chi connectivity index (χ3n) is 6.11. The molecule has 1 aromatic rings. The highest BCUT2D eigenvalue weighted by molar-refractivity contribution is 9.10. The second-order valence-corrected chi connectivity index (χ2v) is 8.39. The van der Waals surface area contributed by atoms with Crippen LogP contribution in [0, 0.1) is 0 Å². The van der Waals surface area contributed by atoms with Crippen LogP contribution in [0.25, 0.3) is 0 Å². The summed E-state index contributed by atoms with van der Waals surface area (Å²) in [5, 5.41) is 3.48. The number of morpholine rings is 1. The molecule has 1 aromatic carbocycles. The standard InChI is InChI=1S/C19H27BrN4O2/c20-16-14(18(21)25)1-2-15-17(16)24(8-7-23-9-11-26-12-10-23)13-19(15)3-5-22-6-4-19/h1-2,22H,3-13H2,(H2,21,25). The van der Waals surface area contributed by atoms with Gasteiger partial charge < -0.3 is 20.7 Å². The number of ether oxygens (including phenoxy) is 1. The molecule has 142 valence electrons. The monoisotopic (exact) mass is 422 g/mol. The van der Waals surface area contributed by atoms with E-state index in [4.69, 9.17) is 10.5 Å². The zero-order chi connectivity index (χ0) is 18.1. The van der Waals surface area contributed by atoms with Crippen molar-refractivity contribution in [2.24, 2.45) is 5.73 Å². The maximum atomic E-state index is 11.8. The smallest absolute Gasteiger partial charge is 0.249 e. The van der Waals surface area contributed by atoms with Crippen LogP contribution in [0.2, 0.25) is 0 Å². The highest BCUT2D eigenvalue weighted by Gasteiger charge is 2.44. The number of rotatable bonds is 4. The fraction of sp³-hybridized carbons (Fsp3) is 0.632. The summed E-state index contributed by atoms with van der Waals surface area (Å²) >= 11 is 3.70. The molecule has 0 saturated carbocycles. The van der Waals surface area contributed by atoms with Crippen molar-refractivity contribution in [1.82, 2.24) is 10.2 Å². The molecule has 0 bridgehead atoms. The molecule has 0 radical (unpaired) electrons. The van der Waals surface area contributed by atoms with Crippen molar-refractivity contribution in [3.63, 3.8) is 0 Å². The summed E-state index contributed by atoms with van der Waals surface area (Å²) in [5.41, 5.74) is 8.91. The molecular weight excluding hydrogens is 396 g/mol. The lowest BCUT2D eigenvalue weighted by Gasteiger charge is -2.35. The normalized spacial score (nSPS) is 22.6. The second kappa shape index (κ2) is 7.46. The van der Waals surface area contributed by atoms with Crippen LogP contribution in [-0.2, 0) is 10.2 Å². The van der Waals surface area contributed by atoms with E-state index in [9.17, 15) is 4.79 Å². The highest BCUT2D eigenvalue weighted by Crippen LogP contribution is 2.49. The molecule has 3 aliphatic rings. The Balaban J connectivity index is 1.63. The average molecular weight is 423 g/mol. The molecule has 0 atom stereocenters. The molecule has 26 heavy (non-hydrogen) atoms. The Morgan fingerprint density at radius 2 is 1.96 bits per heavy atom. The summed E-state index contributed by atoms with van der Waals surface area (Å²) in [4.78, 5) is 16.8. The van der Waals surface area contributed by atoms with Crippen molar-refractivity contribution in [3.8, 4) is 0 Å². The van der Waals surface area contributed by atoms with Gasteiger partial charge in [-0.15, -0.1) is 0 Å². The molecule has 3 N–H and O–H groups in total. The van der Waals surface area contributed by atoms with Gasteiger partial charge in [-0.05, 0) is 53.5 Å². The number of primary amides is 1. The number of carbonyl (C=O) groups excluding carboxylic acids is 1. The van der Waals surface area contributed by atoms with Crippen LogP contribution in [0.1, 0.15) is 28.8 Å². The Hall–Kier alpha value is -1.15. The lowest BCUT2D eigenvalue weighted by molar-refractivity contribution is 0.0391. The van der Waals surface area contributed by atoms with Gasteiger partial charge in [0, 0.05) is 38.1 Å². The van der Waals surface area contributed by atoms with Crippen LogP contribution in [0.4, 0.5) is 5.69 Å². The van der Waals surface area contributed by atoms with E-state index in [-0.39, 0.29) is 11.3 Å². The number of anilines is 1. The van der Waals surface area contributed by atoms with Crippen molar-refractivity contribution in [2.75, 3.05) is 63.9 Å². The largest absolute Gasteiger partial charge is 0.379 e. The molecule has 0 unspecified atom stereocenters. The summed E-state index contributed by atoms with van der Waals surface area (Å²) in [5.74, 6) is -0.376. The van der Waals surface area contributed by atoms with E-state index in [1.165, 1.54) is 11.3 Å². The summed E-state index contributed by atoms with van der Waals surface area (Å²) < 4.78 is 6.32. The maximum Gasteiger partial charge on any atom is 0.249 e. The molecule has 1 amide bonds. The van der Waals surface area contributed by atoms with E-state index >= 15 is 0 Å². The fourth-order valence-corrected chi connectivity index (χ4v) is 5.42. The zero-order valence-corrected chi connectivity index (χ0v) is 16.7. The Kier molecular flexibility index (Phi) is 5.23. The van der Waals surface area contributed by atoms with E-state index in [1.54, 1.807) is 0 Å². The highest BCUT2D eigenvalue weighted by atomic mass is 79.9. The number of nitrogens with two attached hydrogens (primary N) is 1. The lowest BCUT2D eigenvalue weighted by Crippen LogP contribution is -2.45. The van der Waals surface area contributed by atoms with Gasteiger partial charge in [0.25, 0.3) is 0 Å². The van der Waals surface area contributed by atoms with Gasteiger partial charge in [-0.1, -0.05) is 6.07 Å². The SMILES string of the molecule is NC(=O)c1ccc2c(c1Br)N(CCN1CCOCC1)CC21CCNCC1. The van der Waals surface area contributed by atoms with E-state index in [0.29, 0.717) is 5.56 Å². The Bertz CT molecular complexity index is 684. The minimum atomic E-state index is -0.376. The third kappa shape index (κ3) is 3.26. The van der Waals surface area contributed by atoms with Gasteiger partial charge in [-0.2, -0.15) is 0 Å². The van der Waals surface area contributed by atoms with Crippen molar-refractivity contribution in [1.29, 1.82) is 0 Å². The fourth-order valence-electron chi connectivity index (χ4n) is 4.63. The number of hydrogen-bond acceptors (Lipinski definition) is 5. The summed E-state index contributed by atoms with van der Waals surface area (Å²) in [6.45, 7) is 8.74. The van der Waals surface area contributed by atoms with Gasteiger partial charge in [0.2, 0.25) is 5.91 Å². The number of piperidine rings is 1. The molecule has 2 saturated heterocycles. The predicted octanol–water partition coefficient (Wildman–Crippen LogP) is 1.32. The summed E-state index contributed by atoms with van der Waals surface area (Å²) in [6, 6.07) is 4.03. The van der Waals surface area contributed by atoms with E-state index in [2.05, 4.69) is 37.1 Å². The minimum Gasteiger partial charge on any atom is -0.379 e. The van der Waals surface area contributed by atoms with Crippen LogP contribution in [0.3, 0.4) is 0 Å². The summed E-state index contributed by atoms with van der Waals surface area (Å²) in [6.07, 6.45) is 2.27. The molecule has 2 fully saturated rings. The van der Waals surface area contributed by atoms with Gasteiger partial charge in [0.15, 0.2) is 0 Å². The van der Waals surface area contributed by atoms with Crippen LogP contribution >= 0.6 is 15.9 Å². The number of hydrogen-bond donors (Lipinski definition) is 2.